The molecule has 6 heteroatoms. The van der Waals surface area contributed by atoms with Crippen molar-refractivity contribution in [1.82, 2.24) is 0 Å². The van der Waals surface area contributed by atoms with Gasteiger partial charge in [-0.05, 0) is 50.3 Å². The first-order valence-corrected chi connectivity index (χ1v) is 6.95. The number of carboxylic acids is 1. The van der Waals surface area contributed by atoms with Crippen molar-refractivity contribution < 1.29 is 23.1 Å². The number of rotatable bonds is 3. The molecule has 1 fully saturated rings. The first-order valence-electron chi connectivity index (χ1n) is 6.95. The highest BCUT2D eigenvalue weighted by molar-refractivity contribution is 5.91. The lowest BCUT2D eigenvalue weighted by Crippen LogP contribution is -2.33. The standard InChI is InChI=1S/C15H18F3NO2/c1-9-12(14(20)21)3-2-4-13(9)19-11-7-5-10(6-8-11)15(16,17)18/h2-4,10-11,19H,5-8H2,1H3,(H,20,21). The van der Waals surface area contributed by atoms with Gasteiger partial charge in [0.15, 0.2) is 0 Å². The van der Waals surface area contributed by atoms with E-state index in [0.717, 1.165) is 0 Å². The average molecular weight is 301 g/mol. The van der Waals surface area contributed by atoms with Crippen LogP contribution in [0.2, 0.25) is 0 Å². The van der Waals surface area contributed by atoms with Gasteiger partial charge in [0, 0.05) is 11.7 Å². The van der Waals surface area contributed by atoms with Gasteiger partial charge in [0.25, 0.3) is 0 Å². The van der Waals surface area contributed by atoms with Crippen molar-refractivity contribution in [1.29, 1.82) is 0 Å². The van der Waals surface area contributed by atoms with E-state index in [4.69, 9.17) is 5.11 Å². The van der Waals surface area contributed by atoms with Crippen molar-refractivity contribution in [2.75, 3.05) is 5.32 Å². The van der Waals surface area contributed by atoms with Crippen LogP contribution in [0.5, 0.6) is 0 Å². The predicted molar refractivity (Wildman–Crippen MR) is 73.6 cm³/mol. The van der Waals surface area contributed by atoms with E-state index in [0.29, 0.717) is 24.1 Å². The lowest BCUT2D eigenvalue weighted by atomic mass is 9.85. The summed E-state index contributed by atoms with van der Waals surface area (Å²) in [5.41, 5.74) is 1.51. The van der Waals surface area contributed by atoms with Crippen molar-refractivity contribution in [3.63, 3.8) is 0 Å². The molecule has 21 heavy (non-hydrogen) atoms. The molecular weight excluding hydrogens is 283 g/mol. The van der Waals surface area contributed by atoms with Gasteiger partial charge in [-0.15, -0.1) is 0 Å². The Morgan fingerprint density at radius 3 is 2.38 bits per heavy atom. The Balaban J connectivity index is 2.01. The lowest BCUT2D eigenvalue weighted by molar-refractivity contribution is -0.182. The summed E-state index contributed by atoms with van der Waals surface area (Å²) < 4.78 is 37.8. The second-order valence-electron chi connectivity index (χ2n) is 5.52. The van der Waals surface area contributed by atoms with E-state index in [9.17, 15) is 18.0 Å². The summed E-state index contributed by atoms with van der Waals surface area (Å²) >= 11 is 0. The SMILES string of the molecule is Cc1c(NC2CCC(C(F)(F)F)CC2)cccc1C(=O)O. The Hall–Kier alpha value is -1.72. The molecule has 1 aromatic rings. The van der Waals surface area contributed by atoms with Crippen molar-refractivity contribution >= 4 is 11.7 Å². The van der Waals surface area contributed by atoms with Crippen LogP contribution in [-0.4, -0.2) is 23.3 Å². The topological polar surface area (TPSA) is 49.3 Å². The molecule has 2 rings (SSSR count). The molecule has 1 saturated carbocycles. The number of benzene rings is 1. The maximum Gasteiger partial charge on any atom is 0.391 e. The third-order valence-corrected chi connectivity index (χ3v) is 4.11. The maximum atomic E-state index is 12.6. The number of anilines is 1. The smallest absolute Gasteiger partial charge is 0.391 e. The molecule has 0 heterocycles. The number of nitrogens with one attached hydrogen (secondary N) is 1. The second kappa shape index (κ2) is 5.95. The number of aromatic carboxylic acids is 1. The monoisotopic (exact) mass is 301 g/mol. The molecular formula is C15H18F3NO2. The Labute approximate surface area is 121 Å². The van der Waals surface area contributed by atoms with Crippen LogP contribution < -0.4 is 5.32 Å². The van der Waals surface area contributed by atoms with Gasteiger partial charge in [0.05, 0.1) is 11.5 Å². The first-order chi connectivity index (χ1) is 9.79. The van der Waals surface area contributed by atoms with Crippen LogP contribution in [0.15, 0.2) is 18.2 Å². The zero-order valence-corrected chi connectivity index (χ0v) is 11.7. The number of carbonyl (C=O) groups is 1. The highest BCUT2D eigenvalue weighted by Gasteiger charge is 2.41. The van der Waals surface area contributed by atoms with E-state index in [-0.39, 0.29) is 24.4 Å². The van der Waals surface area contributed by atoms with Crippen LogP contribution in [0.4, 0.5) is 18.9 Å². The van der Waals surface area contributed by atoms with Gasteiger partial charge < -0.3 is 10.4 Å². The van der Waals surface area contributed by atoms with Gasteiger partial charge >= 0.3 is 12.1 Å². The molecule has 0 saturated heterocycles. The van der Waals surface area contributed by atoms with Gasteiger partial charge in [-0.1, -0.05) is 6.07 Å². The van der Waals surface area contributed by atoms with Gasteiger partial charge in [0.2, 0.25) is 0 Å². The van der Waals surface area contributed by atoms with Crippen molar-refractivity contribution in [2.24, 2.45) is 5.92 Å². The molecule has 0 spiro atoms. The highest BCUT2D eigenvalue weighted by Crippen LogP contribution is 2.38. The van der Waals surface area contributed by atoms with E-state index in [2.05, 4.69) is 5.32 Å². The molecule has 0 unspecified atom stereocenters. The summed E-state index contributed by atoms with van der Waals surface area (Å²) in [6.07, 6.45) is -2.97. The van der Waals surface area contributed by atoms with Crippen LogP contribution in [0.1, 0.15) is 41.6 Å². The third kappa shape index (κ3) is 3.68. The normalized spacial score (nSPS) is 22.9. The van der Waals surface area contributed by atoms with Crippen LogP contribution in [0.25, 0.3) is 0 Å². The molecule has 0 aliphatic heterocycles. The molecule has 0 bridgehead atoms. The van der Waals surface area contributed by atoms with Crippen molar-refractivity contribution in [2.45, 2.75) is 44.8 Å². The average Bonchev–Trinajstić information content (AvgIpc) is 2.40. The number of carboxylic acid groups (broad SMARTS) is 1. The minimum Gasteiger partial charge on any atom is -0.478 e. The van der Waals surface area contributed by atoms with E-state index < -0.39 is 18.1 Å². The lowest BCUT2D eigenvalue weighted by Gasteiger charge is -2.31. The molecule has 1 aliphatic carbocycles. The largest absolute Gasteiger partial charge is 0.478 e. The highest BCUT2D eigenvalue weighted by atomic mass is 19.4. The van der Waals surface area contributed by atoms with E-state index in [1.807, 2.05) is 0 Å². The Kier molecular flexibility index (Phi) is 4.44. The molecule has 0 atom stereocenters. The molecule has 0 radical (unpaired) electrons. The number of hydrogen-bond acceptors (Lipinski definition) is 2. The summed E-state index contributed by atoms with van der Waals surface area (Å²) in [4.78, 5) is 11.1. The summed E-state index contributed by atoms with van der Waals surface area (Å²) in [7, 11) is 0. The zero-order chi connectivity index (χ0) is 15.6. The van der Waals surface area contributed by atoms with Gasteiger partial charge in [-0.25, -0.2) is 4.79 Å². The van der Waals surface area contributed by atoms with Gasteiger partial charge in [-0.2, -0.15) is 13.2 Å². The van der Waals surface area contributed by atoms with Crippen molar-refractivity contribution in [3.05, 3.63) is 29.3 Å². The van der Waals surface area contributed by atoms with Gasteiger partial charge in [0.1, 0.15) is 0 Å². The Morgan fingerprint density at radius 1 is 1.24 bits per heavy atom. The van der Waals surface area contributed by atoms with E-state index in [1.54, 1.807) is 19.1 Å². The summed E-state index contributed by atoms with van der Waals surface area (Å²) in [6.45, 7) is 1.70. The Morgan fingerprint density at radius 2 is 1.86 bits per heavy atom. The van der Waals surface area contributed by atoms with Crippen molar-refractivity contribution in [3.8, 4) is 0 Å². The second-order valence-corrected chi connectivity index (χ2v) is 5.52. The third-order valence-electron chi connectivity index (χ3n) is 4.11. The predicted octanol–water partition coefficient (Wildman–Crippen LogP) is 4.23. The van der Waals surface area contributed by atoms with E-state index >= 15 is 0 Å². The zero-order valence-electron chi connectivity index (χ0n) is 11.7. The summed E-state index contributed by atoms with van der Waals surface area (Å²) in [5.74, 6) is -2.21. The molecule has 2 N–H and O–H groups in total. The maximum absolute atomic E-state index is 12.6. The quantitative estimate of drug-likeness (QED) is 0.878. The number of alkyl halides is 3. The van der Waals surface area contributed by atoms with Crippen LogP contribution >= 0.6 is 0 Å². The minimum atomic E-state index is -4.11. The fourth-order valence-corrected chi connectivity index (χ4v) is 2.81. The molecule has 0 amide bonds. The fourth-order valence-electron chi connectivity index (χ4n) is 2.81. The minimum absolute atomic E-state index is 0.0358. The van der Waals surface area contributed by atoms with Crippen LogP contribution in [0.3, 0.4) is 0 Å². The van der Waals surface area contributed by atoms with Crippen LogP contribution in [-0.2, 0) is 0 Å². The Bertz CT molecular complexity index is 520. The molecule has 1 aliphatic rings. The summed E-state index contributed by atoms with van der Waals surface area (Å²) in [5, 5.41) is 12.3. The number of hydrogen-bond donors (Lipinski definition) is 2. The van der Waals surface area contributed by atoms with Gasteiger partial charge in [-0.3, -0.25) is 0 Å². The number of halogens is 3. The summed E-state index contributed by atoms with van der Waals surface area (Å²) in [6, 6.07) is 4.88. The van der Waals surface area contributed by atoms with E-state index in [1.165, 1.54) is 6.07 Å². The molecule has 3 nitrogen and oxygen atoms in total. The molecule has 0 aromatic heterocycles. The van der Waals surface area contributed by atoms with Crippen LogP contribution in [0, 0.1) is 12.8 Å². The molecule has 1 aromatic carbocycles. The fraction of sp³-hybridized carbons (Fsp3) is 0.533. The first kappa shape index (κ1) is 15.7. The molecule has 116 valence electrons.